The van der Waals surface area contributed by atoms with Crippen molar-refractivity contribution in [2.75, 3.05) is 0 Å². The Morgan fingerprint density at radius 2 is 1.26 bits per heavy atom. The Labute approximate surface area is 145 Å². The van der Waals surface area contributed by atoms with Gasteiger partial charge in [0.05, 0.1) is 13.6 Å². The highest BCUT2D eigenvalue weighted by atomic mass is 15.1. The van der Waals surface area contributed by atoms with E-state index >= 15 is 0 Å². The van der Waals surface area contributed by atoms with Crippen molar-refractivity contribution in [2.45, 2.75) is 110 Å². The lowest BCUT2D eigenvalue weighted by Crippen LogP contribution is -2.36. The van der Waals surface area contributed by atoms with E-state index < -0.39 is 0 Å². The van der Waals surface area contributed by atoms with Crippen molar-refractivity contribution in [3.63, 3.8) is 0 Å². The summed E-state index contributed by atoms with van der Waals surface area (Å²) in [6, 6.07) is 0. The summed E-state index contributed by atoms with van der Waals surface area (Å²) in [6.45, 7) is 5.71. The number of aromatic nitrogens is 2. The van der Waals surface area contributed by atoms with E-state index in [1.165, 1.54) is 95.7 Å². The van der Waals surface area contributed by atoms with Gasteiger partial charge in [0.1, 0.15) is 12.4 Å². The van der Waals surface area contributed by atoms with Gasteiger partial charge in [0.15, 0.2) is 0 Å². The molecule has 0 fully saturated rings. The second kappa shape index (κ2) is 13.6. The molecule has 1 aromatic rings. The number of hydrogen-bond acceptors (Lipinski definition) is 0. The summed E-state index contributed by atoms with van der Waals surface area (Å²) < 4.78 is 4.73. The van der Waals surface area contributed by atoms with Crippen LogP contribution in [-0.4, -0.2) is 4.57 Å². The van der Waals surface area contributed by atoms with Crippen molar-refractivity contribution < 1.29 is 4.57 Å². The van der Waals surface area contributed by atoms with E-state index in [4.69, 9.17) is 0 Å². The molecule has 0 aliphatic heterocycles. The van der Waals surface area contributed by atoms with Crippen LogP contribution < -0.4 is 4.57 Å². The van der Waals surface area contributed by atoms with Gasteiger partial charge in [-0.05, 0) is 12.8 Å². The molecule has 0 bridgehead atoms. The highest BCUT2D eigenvalue weighted by Crippen LogP contribution is 2.12. The summed E-state index contributed by atoms with van der Waals surface area (Å²) in [6.07, 6.45) is 24.0. The molecule has 0 unspecified atom stereocenters. The number of rotatable bonds is 15. The number of unbranched alkanes of at least 4 members (excludes halogenated alkanes) is 11. The van der Waals surface area contributed by atoms with Gasteiger partial charge in [-0.15, -0.1) is 0 Å². The molecule has 0 saturated heterocycles. The van der Waals surface area contributed by atoms with Gasteiger partial charge in [0, 0.05) is 6.42 Å². The van der Waals surface area contributed by atoms with Gasteiger partial charge in [-0.3, -0.25) is 0 Å². The standard InChI is InChI=1S/C21H41N2/c1-4-6-7-8-9-10-11-12-13-14-15-16-17-21-22(3)19-20-23(21)18-5-2/h19-20H,4-18H2,1-3H3/q+1. The monoisotopic (exact) mass is 321 g/mol. The second-order valence-corrected chi connectivity index (χ2v) is 7.16. The van der Waals surface area contributed by atoms with E-state index in [9.17, 15) is 0 Å². The van der Waals surface area contributed by atoms with Crippen LogP contribution in [0.15, 0.2) is 12.4 Å². The third-order valence-corrected chi connectivity index (χ3v) is 4.93. The minimum absolute atomic E-state index is 1.16. The van der Waals surface area contributed by atoms with Gasteiger partial charge >= 0.3 is 0 Å². The molecule has 0 atom stereocenters. The van der Waals surface area contributed by atoms with Crippen molar-refractivity contribution in [3.05, 3.63) is 18.2 Å². The fourth-order valence-electron chi connectivity index (χ4n) is 3.44. The summed E-state index contributed by atoms with van der Waals surface area (Å²) in [4.78, 5) is 0. The van der Waals surface area contributed by atoms with E-state index in [0.717, 1.165) is 6.54 Å². The Kier molecular flexibility index (Phi) is 12.0. The van der Waals surface area contributed by atoms with Crippen LogP contribution in [0.3, 0.4) is 0 Å². The van der Waals surface area contributed by atoms with E-state index in [2.05, 4.69) is 42.4 Å². The lowest BCUT2D eigenvalue weighted by molar-refractivity contribution is -0.703. The number of nitrogens with zero attached hydrogens (tertiary/aromatic N) is 2. The molecule has 2 nitrogen and oxygen atoms in total. The van der Waals surface area contributed by atoms with Gasteiger partial charge in [-0.2, -0.15) is 0 Å². The molecule has 1 rings (SSSR count). The number of aryl methyl sites for hydroxylation is 2. The minimum Gasteiger partial charge on any atom is -0.237 e. The highest BCUT2D eigenvalue weighted by molar-refractivity contribution is 4.82. The van der Waals surface area contributed by atoms with Crippen molar-refractivity contribution in [3.8, 4) is 0 Å². The van der Waals surface area contributed by atoms with Crippen LogP contribution in [0.25, 0.3) is 0 Å². The summed E-state index contributed by atoms with van der Waals surface area (Å²) in [5.74, 6) is 1.50. The van der Waals surface area contributed by atoms with E-state index in [1.807, 2.05) is 0 Å². The molecule has 0 amide bonds. The molecule has 1 heterocycles. The maximum absolute atomic E-state index is 2.43. The fraction of sp³-hybridized carbons (Fsp3) is 0.857. The number of hydrogen-bond donors (Lipinski definition) is 0. The zero-order valence-electron chi connectivity index (χ0n) is 16.2. The predicted molar refractivity (Wildman–Crippen MR) is 101 cm³/mol. The van der Waals surface area contributed by atoms with Crippen LogP contribution in [0, 0.1) is 0 Å². The normalized spacial score (nSPS) is 11.3. The molecule has 1 aromatic heterocycles. The first-order valence-electron chi connectivity index (χ1n) is 10.3. The summed E-state index contributed by atoms with van der Waals surface area (Å²) in [5, 5.41) is 0. The Bertz CT molecular complexity index is 381. The molecule has 0 saturated carbocycles. The van der Waals surface area contributed by atoms with Gasteiger partial charge in [0.25, 0.3) is 5.82 Å². The van der Waals surface area contributed by atoms with Crippen LogP contribution in [-0.2, 0) is 20.0 Å². The van der Waals surface area contributed by atoms with Crippen LogP contribution in [0.2, 0.25) is 0 Å². The van der Waals surface area contributed by atoms with Crippen molar-refractivity contribution in [2.24, 2.45) is 7.05 Å². The Balaban J connectivity index is 1.95. The molecule has 0 N–H and O–H groups in total. The molecular formula is C21H41N2+. The quantitative estimate of drug-likeness (QED) is 0.278. The highest BCUT2D eigenvalue weighted by Gasteiger charge is 2.12. The smallest absolute Gasteiger partial charge is 0.237 e. The Morgan fingerprint density at radius 1 is 0.739 bits per heavy atom. The first-order chi connectivity index (χ1) is 11.3. The lowest BCUT2D eigenvalue weighted by Gasteiger charge is -2.03. The Hall–Kier alpha value is -0.790. The molecule has 0 aliphatic carbocycles. The molecule has 0 aliphatic rings. The minimum atomic E-state index is 1.16. The van der Waals surface area contributed by atoms with Crippen LogP contribution in [0.5, 0.6) is 0 Å². The van der Waals surface area contributed by atoms with Gasteiger partial charge in [0.2, 0.25) is 0 Å². The largest absolute Gasteiger partial charge is 0.256 e. The number of imidazole rings is 1. The van der Waals surface area contributed by atoms with Crippen LogP contribution in [0.1, 0.15) is 103 Å². The van der Waals surface area contributed by atoms with E-state index in [0.29, 0.717) is 0 Å². The van der Waals surface area contributed by atoms with Gasteiger partial charge in [-0.25, -0.2) is 9.13 Å². The SMILES string of the molecule is CCCCCCCCCCCCCCc1n(C)cc[n+]1CCC. The van der Waals surface area contributed by atoms with E-state index in [-0.39, 0.29) is 0 Å². The Morgan fingerprint density at radius 3 is 1.78 bits per heavy atom. The van der Waals surface area contributed by atoms with Crippen LogP contribution >= 0.6 is 0 Å². The first kappa shape index (κ1) is 20.3. The molecular weight excluding hydrogens is 280 g/mol. The third-order valence-electron chi connectivity index (χ3n) is 4.93. The second-order valence-electron chi connectivity index (χ2n) is 7.16. The molecule has 0 spiro atoms. The van der Waals surface area contributed by atoms with Crippen molar-refractivity contribution in [1.82, 2.24) is 4.57 Å². The maximum Gasteiger partial charge on any atom is 0.256 e. The summed E-state index contributed by atoms with van der Waals surface area (Å²) in [7, 11) is 2.18. The first-order valence-corrected chi connectivity index (χ1v) is 10.3. The average molecular weight is 322 g/mol. The average Bonchev–Trinajstić information content (AvgIpc) is 2.89. The fourth-order valence-corrected chi connectivity index (χ4v) is 3.44. The van der Waals surface area contributed by atoms with E-state index in [1.54, 1.807) is 0 Å². The zero-order chi connectivity index (χ0) is 16.8. The van der Waals surface area contributed by atoms with Gasteiger partial charge in [-0.1, -0.05) is 84.5 Å². The maximum atomic E-state index is 2.43. The third kappa shape index (κ3) is 9.17. The van der Waals surface area contributed by atoms with Gasteiger partial charge < -0.3 is 0 Å². The molecule has 23 heavy (non-hydrogen) atoms. The zero-order valence-corrected chi connectivity index (χ0v) is 16.2. The van der Waals surface area contributed by atoms with Crippen LogP contribution in [0.4, 0.5) is 0 Å². The molecule has 134 valence electrons. The summed E-state index contributed by atoms with van der Waals surface area (Å²) >= 11 is 0. The molecule has 0 radical (unpaired) electrons. The topological polar surface area (TPSA) is 8.81 Å². The van der Waals surface area contributed by atoms with Crippen molar-refractivity contribution in [1.29, 1.82) is 0 Å². The molecule has 0 aromatic carbocycles. The van der Waals surface area contributed by atoms with Crippen molar-refractivity contribution >= 4 is 0 Å². The molecule has 2 heteroatoms. The lowest BCUT2D eigenvalue weighted by atomic mass is 10.0. The summed E-state index contributed by atoms with van der Waals surface area (Å²) in [5.41, 5.74) is 0. The predicted octanol–water partition coefficient (Wildman–Crippen LogP) is 5.97.